The van der Waals surface area contributed by atoms with Crippen LogP contribution in [0.3, 0.4) is 0 Å². The summed E-state index contributed by atoms with van der Waals surface area (Å²) in [6, 6.07) is 3.95. The highest BCUT2D eigenvalue weighted by atomic mass is 16.5. The maximum Gasteiger partial charge on any atom is 0.219 e. The molecule has 2 aromatic heterocycles. The molecule has 0 bridgehead atoms. The zero-order valence-electron chi connectivity index (χ0n) is 11.6. The Morgan fingerprint density at radius 2 is 2.40 bits per heavy atom. The first-order chi connectivity index (χ1) is 9.72. The molecule has 6 nitrogen and oxygen atoms in total. The van der Waals surface area contributed by atoms with Crippen LogP contribution in [0.4, 0.5) is 0 Å². The summed E-state index contributed by atoms with van der Waals surface area (Å²) in [5.74, 6) is -0.303. The molecule has 0 atom stereocenters. The van der Waals surface area contributed by atoms with Crippen LogP contribution in [0.15, 0.2) is 24.5 Å². The quantitative estimate of drug-likeness (QED) is 0.693. The molecule has 0 aliphatic rings. The molecule has 6 heteroatoms. The number of pyridine rings is 1. The molecule has 0 fully saturated rings. The lowest BCUT2D eigenvalue weighted by atomic mass is 10.2. The van der Waals surface area contributed by atoms with Gasteiger partial charge in [-0.15, -0.1) is 0 Å². The smallest absolute Gasteiger partial charge is 0.219 e. The Kier molecular flexibility index (Phi) is 5.09. The Bertz CT molecular complexity index is 580. The lowest BCUT2D eigenvalue weighted by molar-refractivity contribution is -0.118. The normalized spacial score (nSPS) is 11.1. The Balaban J connectivity index is 2.15. The first-order valence-electron chi connectivity index (χ1n) is 6.63. The minimum atomic E-state index is -0.303. The van der Waals surface area contributed by atoms with Crippen molar-refractivity contribution < 1.29 is 9.53 Å². The molecule has 0 saturated heterocycles. The van der Waals surface area contributed by atoms with Gasteiger partial charge < -0.3 is 20.4 Å². The fourth-order valence-corrected chi connectivity index (χ4v) is 2.13. The molecular formula is C14H20N4O2. The number of aromatic nitrogens is 2. The molecule has 0 aliphatic heterocycles. The van der Waals surface area contributed by atoms with Crippen LogP contribution in [-0.4, -0.2) is 35.7 Å². The molecule has 0 aliphatic carbocycles. The van der Waals surface area contributed by atoms with Gasteiger partial charge in [-0.05, 0) is 17.7 Å². The number of hydrogen-bond donors (Lipinski definition) is 2. The number of nitrogens with zero attached hydrogens (tertiary/aromatic N) is 2. The summed E-state index contributed by atoms with van der Waals surface area (Å²) in [7, 11) is 1.68. The first kappa shape index (κ1) is 14.5. The van der Waals surface area contributed by atoms with Gasteiger partial charge in [0.1, 0.15) is 5.65 Å². The lowest BCUT2D eigenvalue weighted by Gasteiger charge is -2.02. The Morgan fingerprint density at radius 3 is 3.15 bits per heavy atom. The number of carbonyl (C=O) groups excluding carboxylic acids is 1. The van der Waals surface area contributed by atoms with Gasteiger partial charge in [0.25, 0.3) is 0 Å². The first-order valence-corrected chi connectivity index (χ1v) is 6.63. The molecule has 2 aromatic rings. The Labute approximate surface area is 117 Å². The van der Waals surface area contributed by atoms with Gasteiger partial charge in [0.15, 0.2) is 0 Å². The van der Waals surface area contributed by atoms with Crippen LogP contribution < -0.4 is 11.1 Å². The van der Waals surface area contributed by atoms with Crippen molar-refractivity contribution in [1.82, 2.24) is 14.9 Å². The van der Waals surface area contributed by atoms with Crippen molar-refractivity contribution in [2.45, 2.75) is 19.5 Å². The summed E-state index contributed by atoms with van der Waals surface area (Å²) < 4.78 is 6.99. The zero-order valence-corrected chi connectivity index (χ0v) is 11.6. The van der Waals surface area contributed by atoms with Crippen molar-refractivity contribution >= 4 is 16.9 Å². The number of aryl methyl sites for hydroxylation is 1. The van der Waals surface area contributed by atoms with Gasteiger partial charge in [0.05, 0.1) is 6.61 Å². The average Bonchev–Trinajstić information content (AvgIpc) is 2.80. The molecule has 0 unspecified atom stereocenters. The molecule has 20 heavy (non-hydrogen) atoms. The summed E-state index contributed by atoms with van der Waals surface area (Å²) >= 11 is 0. The summed E-state index contributed by atoms with van der Waals surface area (Å²) in [6.07, 6.45) is 4.10. The van der Waals surface area contributed by atoms with Crippen LogP contribution >= 0.6 is 0 Å². The second-order valence-corrected chi connectivity index (χ2v) is 4.61. The lowest BCUT2D eigenvalue weighted by Crippen LogP contribution is -2.18. The van der Waals surface area contributed by atoms with Crippen LogP contribution in [0, 0.1) is 0 Å². The number of amides is 1. The number of hydrogen-bond acceptors (Lipinski definition) is 4. The van der Waals surface area contributed by atoms with Crippen molar-refractivity contribution in [3.63, 3.8) is 0 Å². The van der Waals surface area contributed by atoms with E-state index in [1.165, 1.54) is 0 Å². The highest BCUT2D eigenvalue weighted by Gasteiger charge is 2.09. The Hall–Kier alpha value is -1.92. The van der Waals surface area contributed by atoms with E-state index in [4.69, 9.17) is 10.5 Å². The molecule has 0 radical (unpaired) electrons. The predicted molar refractivity (Wildman–Crippen MR) is 77.1 cm³/mol. The van der Waals surface area contributed by atoms with E-state index in [1.54, 1.807) is 13.3 Å². The third-order valence-electron chi connectivity index (χ3n) is 3.11. The largest absolute Gasteiger partial charge is 0.383 e. The van der Waals surface area contributed by atoms with Crippen molar-refractivity contribution in [2.75, 3.05) is 20.3 Å². The fourth-order valence-electron chi connectivity index (χ4n) is 2.13. The highest BCUT2D eigenvalue weighted by Crippen LogP contribution is 2.19. The van der Waals surface area contributed by atoms with Crippen molar-refractivity contribution in [3.8, 4) is 0 Å². The second kappa shape index (κ2) is 7.02. The minimum absolute atomic E-state index is 0.303. The summed E-state index contributed by atoms with van der Waals surface area (Å²) in [5, 5.41) is 4.41. The van der Waals surface area contributed by atoms with E-state index in [0.29, 0.717) is 19.6 Å². The molecule has 2 rings (SSSR count). The van der Waals surface area contributed by atoms with Crippen LogP contribution in [0.5, 0.6) is 0 Å². The van der Waals surface area contributed by atoms with Crippen molar-refractivity contribution in [3.05, 3.63) is 30.1 Å². The molecule has 3 N–H and O–H groups in total. The van der Waals surface area contributed by atoms with Crippen LogP contribution in [0.1, 0.15) is 12.0 Å². The number of ether oxygens (including phenoxy) is 1. The Morgan fingerprint density at radius 1 is 1.55 bits per heavy atom. The van der Waals surface area contributed by atoms with Gasteiger partial charge in [-0.3, -0.25) is 4.79 Å². The maximum absolute atomic E-state index is 10.9. The summed E-state index contributed by atoms with van der Waals surface area (Å²) in [4.78, 5) is 15.3. The van der Waals surface area contributed by atoms with Gasteiger partial charge in [-0.2, -0.15) is 0 Å². The van der Waals surface area contributed by atoms with E-state index in [9.17, 15) is 4.79 Å². The number of rotatable bonds is 8. The maximum atomic E-state index is 10.9. The molecule has 1 amide bonds. The van der Waals surface area contributed by atoms with Gasteiger partial charge in [0, 0.05) is 50.9 Å². The molecule has 0 spiro atoms. The number of methoxy groups -OCH3 is 1. The summed E-state index contributed by atoms with van der Waals surface area (Å²) in [6.45, 7) is 2.78. The van der Waals surface area contributed by atoms with E-state index < -0.39 is 0 Å². The van der Waals surface area contributed by atoms with E-state index in [2.05, 4.69) is 10.3 Å². The van der Waals surface area contributed by atoms with E-state index in [1.807, 2.05) is 22.9 Å². The molecule has 0 aromatic carbocycles. The van der Waals surface area contributed by atoms with E-state index >= 15 is 0 Å². The van der Waals surface area contributed by atoms with Crippen LogP contribution in [-0.2, 0) is 22.6 Å². The van der Waals surface area contributed by atoms with Gasteiger partial charge in [0.2, 0.25) is 5.91 Å². The number of nitrogens with two attached hydrogens (primary N) is 1. The number of primary amides is 1. The SMILES string of the molecule is COCCNCc1cn(CCC(N)=O)c2ncccc12. The fraction of sp³-hybridized carbons (Fsp3) is 0.429. The second-order valence-electron chi connectivity index (χ2n) is 4.61. The van der Waals surface area contributed by atoms with Crippen molar-refractivity contribution in [1.29, 1.82) is 0 Å². The summed E-state index contributed by atoms with van der Waals surface area (Å²) in [5.41, 5.74) is 7.25. The zero-order chi connectivity index (χ0) is 14.4. The third-order valence-corrected chi connectivity index (χ3v) is 3.11. The van der Waals surface area contributed by atoms with Crippen LogP contribution in [0.2, 0.25) is 0 Å². The average molecular weight is 276 g/mol. The van der Waals surface area contributed by atoms with Gasteiger partial charge in [-0.25, -0.2) is 4.98 Å². The number of nitrogens with one attached hydrogen (secondary N) is 1. The van der Waals surface area contributed by atoms with Gasteiger partial charge >= 0.3 is 0 Å². The topological polar surface area (TPSA) is 82.2 Å². The minimum Gasteiger partial charge on any atom is -0.383 e. The monoisotopic (exact) mass is 276 g/mol. The van der Waals surface area contributed by atoms with Crippen molar-refractivity contribution in [2.24, 2.45) is 5.73 Å². The van der Waals surface area contributed by atoms with E-state index in [-0.39, 0.29) is 5.91 Å². The standard InChI is InChI=1S/C14H20N4O2/c1-20-8-6-16-9-11-10-18(7-4-13(15)19)14-12(11)3-2-5-17-14/h2-3,5,10,16H,4,6-9H2,1H3,(H2,15,19). The molecule has 2 heterocycles. The predicted octanol–water partition coefficient (Wildman–Crippen LogP) is 0.648. The number of fused-ring (bicyclic) bond motifs is 1. The number of carbonyl (C=O) groups is 1. The molecule has 0 saturated carbocycles. The molecular weight excluding hydrogens is 256 g/mol. The highest BCUT2D eigenvalue weighted by molar-refractivity contribution is 5.80. The van der Waals surface area contributed by atoms with Crippen LogP contribution in [0.25, 0.3) is 11.0 Å². The van der Waals surface area contributed by atoms with Gasteiger partial charge in [-0.1, -0.05) is 0 Å². The molecule has 108 valence electrons. The van der Waals surface area contributed by atoms with E-state index in [0.717, 1.165) is 29.7 Å². The third kappa shape index (κ3) is 3.55.